The van der Waals surface area contributed by atoms with Crippen molar-refractivity contribution >= 4 is 5.91 Å². The van der Waals surface area contributed by atoms with Gasteiger partial charge in [0.2, 0.25) is 5.91 Å². The van der Waals surface area contributed by atoms with Crippen LogP contribution in [0, 0.1) is 5.92 Å². The summed E-state index contributed by atoms with van der Waals surface area (Å²) in [5.41, 5.74) is 0. The van der Waals surface area contributed by atoms with E-state index in [-0.39, 0.29) is 0 Å². The Hall–Kier alpha value is -0.610. The monoisotopic (exact) mass is 279 g/mol. The average molecular weight is 279 g/mol. The molecule has 1 N–H and O–H groups in total. The Labute approximate surface area is 122 Å². The Kier molecular flexibility index (Phi) is 4.94. The minimum atomic E-state index is 0.404. The molecule has 3 saturated heterocycles. The Morgan fingerprint density at radius 1 is 1.10 bits per heavy atom. The lowest BCUT2D eigenvalue weighted by Crippen LogP contribution is -2.49. The van der Waals surface area contributed by atoms with Crippen LogP contribution in [0.1, 0.15) is 44.9 Å². The van der Waals surface area contributed by atoms with E-state index in [0.717, 1.165) is 44.9 Å². The van der Waals surface area contributed by atoms with Gasteiger partial charge in [-0.25, -0.2) is 0 Å². The molecule has 3 aliphatic rings. The summed E-state index contributed by atoms with van der Waals surface area (Å²) in [4.78, 5) is 17.2. The van der Waals surface area contributed by atoms with Gasteiger partial charge >= 0.3 is 0 Å². The Morgan fingerprint density at radius 3 is 2.70 bits per heavy atom. The highest BCUT2D eigenvalue weighted by Gasteiger charge is 2.29. The molecule has 0 spiro atoms. The number of carbonyl (C=O) groups is 1. The first kappa shape index (κ1) is 14.3. The number of hydrogen-bond acceptors (Lipinski definition) is 3. The molecule has 0 bridgehead atoms. The number of hydrogen-bond donors (Lipinski definition) is 1. The number of nitrogens with zero attached hydrogens (tertiary/aromatic N) is 2. The van der Waals surface area contributed by atoms with E-state index < -0.39 is 0 Å². The summed E-state index contributed by atoms with van der Waals surface area (Å²) in [6.45, 7) is 6.73. The lowest BCUT2D eigenvalue weighted by atomic mass is 10.0. The number of amides is 1. The second kappa shape index (κ2) is 6.90. The number of likely N-dealkylation sites (tertiary alicyclic amines) is 2. The van der Waals surface area contributed by atoms with Crippen molar-refractivity contribution in [2.24, 2.45) is 5.92 Å². The van der Waals surface area contributed by atoms with Crippen molar-refractivity contribution in [1.29, 1.82) is 0 Å². The zero-order valence-electron chi connectivity index (χ0n) is 12.6. The van der Waals surface area contributed by atoms with Crippen molar-refractivity contribution in [3.8, 4) is 0 Å². The SMILES string of the molecule is O=C(CCC1CCNC1)N1CCCC(N2CCCC2)C1. The highest BCUT2D eigenvalue weighted by molar-refractivity contribution is 5.76. The minimum Gasteiger partial charge on any atom is -0.341 e. The molecule has 2 atom stereocenters. The molecular weight excluding hydrogens is 250 g/mol. The smallest absolute Gasteiger partial charge is 0.222 e. The molecule has 2 unspecified atom stereocenters. The van der Waals surface area contributed by atoms with Crippen LogP contribution in [0.2, 0.25) is 0 Å². The molecule has 0 aromatic rings. The normalized spacial score (nSPS) is 31.9. The van der Waals surface area contributed by atoms with Crippen molar-refractivity contribution in [1.82, 2.24) is 15.1 Å². The summed E-state index contributed by atoms with van der Waals surface area (Å²) < 4.78 is 0. The van der Waals surface area contributed by atoms with Gasteiger partial charge in [0.15, 0.2) is 0 Å². The van der Waals surface area contributed by atoms with Gasteiger partial charge in [0.05, 0.1) is 0 Å². The maximum absolute atomic E-state index is 12.4. The predicted octanol–water partition coefficient (Wildman–Crippen LogP) is 1.46. The van der Waals surface area contributed by atoms with Crippen molar-refractivity contribution < 1.29 is 4.79 Å². The van der Waals surface area contributed by atoms with Crippen LogP contribution in [-0.2, 0) is 4.79 Å². The fourth-order valence-corrected chi connectivity index (χ4v) is 4.03. The molecule has 0 aromatic heterocycles. The third-order valence-corrected chi connectivity index (χ3v) is 5.34. The number of rotatable bonds is 4. The van der Waals surface area contributed by atoms with Crippen LogP contribution >= 0.6 is 0 Å². The summed E-state index contributed by atoms with van der Waals surface area (Å²) in [6.07, 6.45) is 8.27. The van der Waals surface area contributed by atoms with Crippen LogP contribution in [0.4, 0.5) is 0 Å². The molecule has 4 heteroatoms. The summed E-state index contributed by atoms with van der Waals surface area (Å²) in [5, 5.41) is 3.39. The van der Waals surface area contributed by atoms with Crippen molar-refractivity contribution in [3.05, 3.63) is 0 Å². The Balaban J connectivity index is 1.44. The van der Waals surface area contributed by atoms with E-state index in [4.69, 9.17) is 0 Å². The number of nitrogens with one attached hydrogen (secondary N) is 1. The van der Waals surface area contributed by atoms with E-state index in [2.05, 4.69) is 15.1 Å². The van der Waals surface area contributed by atoms with E-state index in [9.17, 15) is 4.79 Å². The fourth-order valence-electron chi connectivity index (χ4n) is 4.03. The van der Waals surface area contributed by atoms with Gasteiger partial charge in [0.1, 0.15) is 0 Å². The van der Waals surface area contributed by atoms with Crippen molar-refractivity contribution in [2.45, 2.75) is 51.0 Å². The second-order valence-electron chi connectivity index (χ2n) is 6.78. The first-order valence-electron chi connectivity index (χ1n) is 8.55. The highest BCUT2D eigenvalue weighted by Crippen LogP contribution is 2.22. The zero-order chi connectivity index (χ0) is 13.8. The average Bonchev–Trinajstić information content (AvgIpc) is 3.18. The van der Waals surface area contributed by atoms with Gasteiger partial charge < -0.3 is 10.2 Å². The van der Waals surface area contributed by atoms with Gasteiger partial charge in [0, 0.05) is 25.6 Å². The molecule has 3 heterocycles. The minimum absolute atomic E-state index is 0.404. The topological polar surface area (TPSA) is 35.6 Å². The van der Waals surface area contributed by atoms with E-state index in [1.165, 1.54) is 45.2 Å². The van der Waals surface area contributed by atoms with Crippen LogP contribution in [0.3, 0.4) is 0 Å². The summed E-state index contributed by atoms with van der Waals surface area (Å²) >= 11 is 0. The molecule has 1 amide bonds. The molecule has 0 saturated carbocycles. The molecule has 3 fully saturated rings. The van der Waals surface area contributed by atoms with E-state index in [1.807, 2.05) is 0 Å². The van der Waals surface area contributed by atoms with Crippen LogP contribution in [0.25, 0.3) is 0 Å². The summed E-state index contributed by atoms with van der Waals surface area (Å²) in [6, 6.07) is 0.642. The van der Waals surface area contributed by atoms with Gasteiger partial charge in [0.25, 0.3) is 0 Å². The van der Waals surface area contributed by atoms with E-state index >= 15 is 0 Å². The van der Waals surface area contributed by atoms with Gasteiger partial charge in [-0.05, 0) is 70.6 Å². The Bertz CT molecular complexity index is 322. The van der Waals surface area contributed by atoms with E-state index in [0.29, 0.717) is 11.9 Å². The molecular formula is C16H29N3O. The second-order valence-corrected chi connectivity index (χ2v) is 6.78. The number of piperidine rings is 1. The first-order chi connectivity index (χ1) is 9.83. The van der Waals surface area contributed by atoms with Gasteiger partial charge in [-0.2, -0.15) is 0 Å². The maximum Gasteiger partial charge on any atom is 0.222 e. The third kappa shape index (κ3) is 3.53. The maximum atomic E-state index is 12.4. The summed E-state index contributed by atoms with van der Waals surface area (Å²) in [5.74, 6) is 1.14. The summed E-state index contributed by atoms with van der Waals surface area (Å²) in [7, 11) is 0. The molecule has 3 aliphatic heterocycles. The van der Waals surface area contributed by atoms with Crippen molar-refractivity contribution in [2.75, 3.05) is 39.3 Å². The van der Waals surface area contributed by atoms with Crippen LogP contribution in [0.5, 0.6) is 0 Å². The lowest BCUT2D eigenvalue weighted by Gasteiger charge is -2.37. The first-order valence-corrected chi connectivity index (χ1v) is 8.55. The fraction of sp³-hybridized carbons (Fsp3) is 0.938. The standard InChI is InChI=1S/C16H29N3O/c20-16(6-5-14-7-8-17-12-14)19-11-3-4-15(13-19)18-9-1-2-10-18/h14-15,17H,1-13H2. The molecule has 20 heavy (non-hydrogen) atoms. The van der Waals surface area contributed by atoms with Gasteiger partial charge in [-0.15, -0.1) is 0 Å². The molecule has 114 valence electrons. The predicted molar refractivity (Wildman–Crippen MR) is 80.6 cm³/mol. The molecule has 0 aromatic carbocycles. The van der Waals surface area contributed by atoms with Gasteiger partial charge in [-0.1, -0.05) is 0 Å². The largest absolute Gasteiger partial charge is 0.341 e. The lowest BCUT2D eigenvalue weighted by molar-refractivity contribution is -0.133. The van der Waals surface area contributed by atoms with Gasteiger partial charge in [-0.3, -0.25) is 9.69 Å². The van der Waals surface area contributed by atoms with Crippen LogP contribution < -0.4 is 5.32 Å². The molecule has 0 radical (unpaired) electrons. The van der Waals surface area contributed by atoms with E-state index in [1.54, 1.807) is 0 Å². The van der Waals surface area contributed by atoms with Crippen LogP contribution in [-0.4, -0.2) is 61.0 Å². The van der Waals surface area contributed by atoms with Crippen LogP contribution in [0.15, 0.2) is 0 Å². The molecule has 0 aliphatic carbocycles. The van der Waals surface area contributed by atoms with Crippen molar-refractivity contribution in [3.63, 3.8) is 0 Å². The molecule has 4 nitrogen and oxygen atoms in total. The zero-order valence-corrected chi connectivity index (χ0v) is 12.6. The highest BCUT2D eigenvalue weighted by atomic mass is 16.2. The molecule has 3 rings (SSSR count). The Morgan fingerprint density at radius 2 is 1.95 bits per heavy atom. The third-order valence-electron chi connectivity index (χ3n) is 5.34. The number of carbonyl (C=O) groups excluding carboxylic acids is 1. The quantitative estimate of drug-likeness (QED) is 0.846.